The van der Waals surface area contributed by atoms with E-state index in [0.717, 1.165) is 31.5 Å². The van der Waals surface area contributed by atoms with Gasteiger partial charge >= 0.3 is 0 Å². The highest BCUT2D eigenvalue weighted by molar-refractivity contribution is 5.18. The van der Waals surface area contributed by atoms with Crippen molar-refractivity contribution in [2.45, 2.75) is 26.7 Å². The van der Waals surface area contributed by atoms with Crippen LogP contribution in [0.1, 0.15) is 25.0 Å². The molecule has 1 heterocycles. The maximum absolute atomic E-state index is 13.3. The molecule has 0 saturated heterocycles. The molecule has 2 rings (SSSR count). The van der Waals surface area contributed by atoms with Gasteiger partial charge in [0.2, 0.25) is 0 Å². The standard InChI is InChI=1S/C18H24FNO/c1-14(2)11-20-12-17(9-16-6-7-21-13-16)8-15-4-3-5-18(19)10-15/h3-7,10,13-14,17,20H,8-9,11-12H2,1-2H3. The summed E-state index contributed by atoms with van der Waals surface area (Å²) in [4.78, 5) is 0. The fourth-order valence-electron chi connectivity index (χ4n) is 2.53. The maximum Gasteiger partial charge on any atom is 0.123 e. The Bertz CT molecular complexity index is 522. The van der Waals surface area contributed by atoms with Crippen LogP contribution < -0.4 is 5.32 Å². The Morgan fingerprint density at radius 3 is 2.57 bits per heavy atom. The first-order chi connectivity index (χ1) is 10.1. The molecule has 1 unspecified atom stereocenters. The summed E-state index contributed by atoms with van der Waals surface area (Å²) in [5.74, 6) is 0.904. The lowest BCUT2D eigenvalue weighted by atomic mass is 9.93. The van der Waals surface area contributed by atoms with E-state index in [1.165, 1.54) is 11.6 Å². The Kier molecular flexibility index (Phi) is 6.00. The van der Waals surface area contributed by atoms with Crippen molar-refractivity contribution < 1.29 is 8.81 Å². The van der Waals surface area contributed by atoms with Crippen LogP contribution in [0.4, 0.5) is 4.39 Å². The summed E-state index contributed by atoms with van der Waals surface area (Å²) in [5.41, 5.74) is 2.25. The Hall–Kier alpha value is -1.61. The molecule has 2 aromatic rings. The molecule has 0 amide bonds. The van der Waals surface area contributed by atoms with E-state index in [-0.39, 0.29) is 5.82 Å². The summed E-state index contributed by atoms with van der Waals surface area (Å²) in [6.45, 7) is 6.33. The van der Waals surface area contributed by atoms with E-state index >= 15 is 0 Å². The third-order valence-corrected chi connectivity index (χ3v) is 3.50. The molecule has 3 heteroatoms. The molecule has 1 aromatic carbocycles. The number of benzene rings is 1. The minimum atomic E-state index is -0.162. The third kappa shape index (κ3) is 5.72. The van der Waals surface area contributed by atoms with Crippen LogP contribution in [0, 0.1) is 17.7 Å². The number of furan rings is 1. The highest BCUT2D eigenvalue weighted by Gasteiger charge is 2.12. The van der Waals surface area contributed by atoms with Crippen molar-refractivity contribution in [1.29, 1.82) is 0 Å². The second-order valence-electron chi connectivity index (χ2n) is 6.09. The van der Waals surface area contributed by atoms with E-state index in [1.807, 2.05) is 12.1 Å². The van der Waals surface area contributed by atoms with Crippen LogP contribution in [0.3, 0.4) is 0 Å². The van der Waals surface area contributed by atoms with Crippen molar-refractivity contribution in [3.8, 4) is 0 Å². The zero-order valence-corrected chi connectivity index (χ0v) is 12.8. The highest BCUT2D eigenvalue weighted by atomic mass is 19.1. The van der Waals surface area contributed by atoms with Gasteiger partial charge in [-0.25, -0.2) is 4.39 Å². The Morgan fingerprint density at radius 1 is 1.10 bits per heavy atom. The molecule has 0 fully saturated rings. The van der Waals surface area contributed by atoms with Crippen LogP contribution in [-0.4, -0.2) is 13.1 Å². The molecule has 21 heavy (non-hydrogen) atoms. The fourth-order valence-corrected chi connectivity index (χ4v) is 2.53. The van der Waals surface area contributed by atoms with Gasteiger partial charge in [-0.05, 0) is 67.1 Å². The number of halogens is 1. The Balaban J connectivity index is 1.96. The zero-order chi connectivity index (χ0) is 15.1. The largest absolute Gasteiger partial charge is 0.472 e. The molecule has 0 bridgehead atoms. The molecular weight excluding hydrogens is 265 g/mol. The van der Waals surface area contributed by atoms with Gasteiger partial charge in [0, 0.05) is 0 Å². The van der Waals surface area contributed by atoms with E-state index in [0.29, 0.717) is 11.8 Å². The van der Waals surface area contributed by atoms with Crippen molar-refractivity contribution in [1.82, 2.24) is 5.32 Å². The molecule has 1 N–H and O–H groups in total. The molecule has 0 aliphatic heterocycles. The molecule has 0 aliphatic rings. The lowest BCUT2D eigenvalue weighted by Gasteiger charge is -2.18. The van der Waals surface area contributed by atoms with Crippen LogP contribution in [0.15, 0.2) is 47.3 Å². The molecule has 0 aliphatic carbocycles. The first kappa shape index (κ1) is 15.8. The molecule has 114 valence electrons. The normalized spacial score (nSPS) is 12.8. The molecule has 0 saturated carbocycles. The van der Waals surface area contributed by atoms with Crippen LogP contribution in [-0.2, 0) is 12.8 Å². The van der Waals surface area contributed by atoms with Gasteiger partial charge < -0.3 is 9.73 Å². The van der Waals surface area contributed by atoms with E-state index in [9.17, 15) is 4.39 Å². The van der Waals surface area contributed by atoms with Gasteiger partial charge in [-0.15, -0.1) is 0 Å². The van der Waals surface area contributed by atoms with Crippen LogP contribution in [0.25, 0.3) is 0 Å². The van der Waals surface area contributed by atoms with Crippen molar-refractivity contribution in [2.24, 2.45) is 11.8 Å². The average Bonchev–Trinajstić information content (AvgIpc) is 2.91. The second-order valence-corrected chi connectivity index (χ2v) is 6.09. The predicted molar refractivity (Wildman–Crippen MR) is 83.7 cm³/mol. The lowest BCUT2D eigenvalue weighted by molar-refractivity contribution is 0.442. The molecule has 0 spiro atoms. The van der Waals surface area contributed by atoms with Crippen LogP contribution in [0.2, 0.25) is 0 Å². The smallest absolute Gasteiger partial charge is 0.123 e. The van der Waals surface area contributed by atoms with Gasteiger partial charge in [0.1, 0.15) is 5.82 Å². The third-order valence-electron chi connectivity index (χ3n) is 3.50. The van der Waals surface area contributed by atoms with Crippen LogP contribution >= 0.6 is 0 Å². The van der Waals surface area contributed by atoms with Gasteiger partial charge in [-0.3, -0.25) is 0 Å². The summed E-state index contributed by atoms with van der Waals surface area (Å²) in [6, 6.07) is 8.90. The predicted octanol–water partition coefficient (Wildman–Crippen LogP) is 4.07. The van der Waals surface area contributed by atoms with Gasteiger partial charge in [-0.2, -0.15) is 0 Å². The quantitative estimate of drug-likeness (QED) is 0.792. The van der Waals surface area contributed by atoms with Crippen molar-refractivity contribution in [3.63, 3.8) is 0 Å². The summed E-state index contributed by atoms with van der Waals surface area (Å²) in [5, 5.41) is 3.51. The SMILES string of the molecule is CC(C)CNCC(Cc1ccoc1)Cc1cccc(F)c1. The number of nitrogens with one attached hydrogen (secondary N) is 1. The van der Waals surface area contributed by atoms with Crippen molar-refractivity contribution in [2.75, 3.05) is 13.1 Å². The molecule has 1 atom stereocenters. The molecular formula is C18H24FNO. The van der Waals surface area contributed by atoms with E-state index < -0.39 is 0 Å². The van der Waals surface area contributed by atoms with E-state index in [2.05, 4.69) is 19.2 Å². The first-order valence-electron chi connectivity index (χ1n) is 7.59. The molecule has 2 nitrogen and oxygen atoms in total. The van der Waals surface area contributed by atoms with Gasteiger partial charge in [-0.1, -0.05) is 26.0 Å². The number of rotatable bonds is 8. The highest BCUT2D eigenvalue weighted by Crippen LogP contribution is 2.16. The van der Waals surface area contributed by atoms with Crippen LogP contribution in [0.5, 0.6) is 0 Å². The fraction of sp³-hybridized carbons (Fsp3) is 0.444. The summed E-state index contributed by atoms with van der Waals surface area (Å²) in [6.07, 6.45) is 5.31. The average molecular weight is 289 g/mol. The van der Waals surface area contributed by atoms with Gasteiger partial charge in [0.15, 0.2) is 0 Å². The molecule has 0 radical (unpaired) electrons. The van der Waals surface area contributed by atoms with Gasteiger partial charge in [0.05, 0.1) is 12.5 Å². The molecule has 1 aromatic heterocycles. The summed E-state index contributed by atoms with van der Waals surface area (Å²) in [7, 11) is 0. The van der Waals surface area contributed by atoms with Crippen molar-refractivity contribution >= 4 is 0 Å². The second kappa shape index (κ2) is 7.99. The first-order valence-corrected chi connectivity index (χ1v) is 7.59. The Morgan fingerprint density at radius 2 is 1.90 bits per heavy atom. The van der Waals surface area contributed by atoms with Crippen molar-refractivity contribution in [3.05, 3.63) is 59.8 Å². The topological polar surface area (TPSA) is 25.2 Å². The number of hydrogen-bond acceptors (Lipinski definition) is 2. The monoisotopic (exact) mass is 289 g/mol. The number of hydrogen-bond donors (Lipinski definition) is 1. The lowest BCUT2D eigenvalue weighted by Crippen LogP contribution is -2.28. The summed E-state index contributed by atoms with van der Waals surface area (Å²) < 4.78 is 18.5. The Labute approximate surface area is 126 Å². The maximum atomic E-state index is 13.3. The summed E-state index contributed by atoms with van der Waals surface area (Å²) >= 11 is 0. The minimum Gasteiger partial charge on any atom is -0.472 e. The zero-order valence-electron chi connectivity index (χ0n) is 12.8. The van der Waals surface area contributed by atoms with E-state index in [4.69, 9.17) is 4.42 Å². The van der Waals surface area contributed by atoms with E-state index in [1.54, 1.807) is 24.7 Å². The van der Waals surface area contributed by atoms with Gasteiger partial charge in [0.25, 0.3) is 0 Å². The minimum absolute atomic E-state index is 0.162.